The molecule has 0 spiro atoms. The van der Waals surface area contributed by atoms with Gasteiger partial charge in [0.15, 0.2) is 12.6 Å². The minimum atomic E-state index is -0.467. The van der Waals surface area contributed by atoms with Crippen molar-refractivity contribution < 1.29 is 9.53 Å². The number of amides is 1. The molecule has 148 valence electrons. The Kier molecular flexibility index (Phi) is 6.96. The lowest BCUT2D eigenvalue weighted by Crippen LogP contribution is -2.40. The second-order valence-corrected chi connectivity index (χ2v) is 7.59. The van der Waals surface area contributed by atoms with E-state index in [0.29, 0.717) is 5.75 Å². The molecule has 6 heteroatoms. The van der Waals surface area contributed by atoms with E-state index < -0.39 is 5.91 Å². The van der Waals surface area contributed by atoms with Crippen LogP contribution in [0.5, 0.6) is 5.75 Å². The van der Waals surface area contributed by atoms with Crippen LogP contribution >= 0.6 is 0 Å². The maximum atomic E-state index is 10.8. The third-order valence-electron chi connectivity index (χ3n) is 5.58. The standard InChI is InChI=1S/C21H32N4O2/c1-2-23-21(25-13-17-5-3-4-6-18(17)14-25)24-12-11-16-7-9-19(10-8-16)27-15-20(22)26/h7-10,17-18H,2-6,11-15H2,1H3,(H2,22,26)(H,23,24). The van der Waals surface area contributed by atoms with Crippen molar-refractivity contribution in [3.05, 3.63) is 29.8 Å². The number of nitrogens with two attached hydrogens (primary N) is 1. The maximum Gasteiger partial charge on any atom is 0.255 e. The highest BCUT2D eigenvalue weighted by atomic mass is 16.5. The van der Waals surface area contributed by atoms with Gasteiger partial charge >= 0.3 is 0 Å². The smallest absolute Gasteiger partial charge is 0.255 e. The van der Waals surface area contributed by atoms with Crippen LogP contribution in [0.3, 0.4) is 0 Å². The maximum absolute atomic E-state index is 10.8. The lowest BCUT2D eigenvalue weighted by molar-refractivity contribution is -0.119. The molecule has 27 heavy (non-hydrogen) atoms. The van der Waals surface area contributed by atoms with Gasteiger partial charge in [0.2, 0.25) is 0 Å². The molecule has 0 aromatic heterocycles. The van der Waals surface area contributed by atoms with Gasteiger partial charge in [0.25, 0.3) is 5.91 Å². The molecule has 1 aromatic rings. The summed E-state index contributed by atoms with van der Waals surface area (Å²) in [6.07, 6.45) is 6.42. The van der Waals surface area contributed by atoms with Crippen molar-refractivity contribution in [2.45, 2.75) is 39.0 Å². The normalized spacial score (nSPS) is 22.4. The van der Waals surface area contributed by atoms with Gasteiger partial charge in [0.1, 0.15) is 5.75 Å². The molecule has 1 aromatic carbocycles. The number of hydrogen-bond donors (Lipinski definition) is 2. The zero-order valence-corrected chi connectivity index (χ0v) is 16.3. The van der Waals surface area contributed by atoms with Crippen LogP contribution in [0, 0.1) is 11.8 Å². The number of rotatable bonds is 7. The number of benzene rings is 1. The predicted molar refractivity (Wildman–Crippen MR) is 108 cm³/mol. The van der Waals surface area contributed by atoms with E-state index in [-0.39, 0.29) is 6.61 Å². The Morgan fingerprint density at radius 2 is 1.89 bits per heavy atom. The molecule has 1 saturated carbocycles. The fourth-order valence-corrected chi connectivity index (χ4v) is 4.20. The lowest BCUT2D eigenvalue weighted by atomic mass is 9.82. The number of primary amides is 1. The minimum Gasteiger partial charge on any atom is -0.484 e. The summed E-state index contributed by atoms with van der Waals surface area (Å²) < 4.78 is 5.29. The number of nitrogens with one attached hydrogen (secondary N) is 1. The van der Waals surface area contributed by atoms with Crippen molar-refractivity contribution in [1.29, 1.82) is 0 Å². The Balaban J connectivity index is 1.52. The molecule has 3 rings (SSSR count). The van der Waals surface area contributed by atoms with Gasteiger partial charge in [-0.25, -0.2) is 0 Å². The summed E-state index contributed by atoms with van der Waals surface area (Å²) in [6.45, 7) is 6.01. The number of aliphatic imine (C=N–C) groups is 1. The molecule has 1 amide bonds. The van der Waals surface area contributed by atoms with Crippen molar-refractivity contribution in [2.75, 3.05) is 32.8 Å². The molecule has 6 nitrogen and oxygen atoms in total. The van der Waals surface area contributed by atoms with E-state index in [9.17, 15) is 4.79 Å². The second kappa shape index (κ2) is 9.62. The molecule has 2 unspecified atom stereocenters. The first kappa shape index (κ1) is 19.5. The van der Waals surface area contributed by atoms with E-state index in [2.05, 4.69) is 17.1 Å². The summed E-state index contributed by atoms with van der Waals surface area (Å²) >= 11 is 0. The van der Waals surface area contributed by atoms with E-state index >= 15 is 0 Å². The summed E-state index contributed by atoms with van der Waals surface area (Å²) in [6, 6.07) is 7.78. The third-order valence-corrected chi connectivity index (χ3v) is 5.58. The van der Waals surface area contributed by atoms with Crippen molar-refractivity contribution in [1.82, 2.24) is 10.2 Å². The molecule has 1 aliphatic carbocycles. The Bertz CT molecular complexity index is 630. The van der Waals surface area contributed by atoms with Gasteiger partial charge in [-0.1, -0.05) is 25.0 Å². The molecule has 3 N–H and O–H groups in total. The highest BCUT2D eigenvalue weighted by molar-refractivity contribution is 5.80. The molecule has 0 bridgehead atoms. The molecule has 1 saturated heterocycles. The Morgan fingerprint density at radius 3 is 2.48 bits per heavy atom. The molecule has 2 atom stereocenters. The van der Waals surface area contributed by atoms with Crippen molar-refractivity contribution in [3.63, 3.8) is 0 Å². The highest BCUT2D eigenvalue weighted by Gasteiger charge is 2.35. The fraction of sp³-hybridized carbons (Fsp3) is 0.619. The number of carbonyl (C=O) groups excluding carboxylic acids is 1. The topological polar surface area (TPSA) is 80.0 Å². The van der Waals surface area contributed by atoms with Crippen LogP contribution in [0.1, 0.15) is 38.2 Å². The average molecular weight is 373 g/mol. The summed E-state index contributed by atoms with van der Waals surface area (Å²) in [5, 5.41) is 3.47. The fourth-order valence-electron chi connectivity index (χ4n) is 4.20. The minimum absolute atomic E-state index is 0.0898. The summed E-state index contributed by atoms with van der Waals surface area (Å²) in [7, 11) is 0. The van der Waals surface area contributed by atoms with E-state index in [4.69, 9.17) is 15.5 Å². The molecular weight excluding hydrogens is 340 g/mol. The Hall–Kier alpha value is -2.24. The zero-order chi connectivity index (χ0) is 19.1. The molecule has 0 radical (unpaired) electrons. The third kappa shape index (κ3) is 5.62. The molecule has 2 aliphatic rings. The number of ether oxygens (including phenoxy) is 1. The number of nitrogens with zero attached hydrogens (tertiary/aromatic N) is 2. The average Bonchev–Trinajstić information content (AvgIpc) is 3.10. The van der Waals surface area contributed by atoms with Crippen LogP contribution < -0.4 is 15.8 Å². The van der Waals surface area contributed by atoms with E-state index in [1.807, 2.05) is 24.3 Å². The van der Waals surface area contributed by atoms with E-state index in [0.717, 1.165) is 50.4 Å². The number of carbonyl (C=O) groups is 1. The SMILES string of the molecule is CCNC(=NCCc1ccc(OCC(N)=O)cc1)N1CC2CCCCC2C1. The highest BCUT2D eigenvalue weighted by Crippen LogP contribution is 2.35. The molecule has 2 fully saturated rings. The monoisotopic (exact) mass is 372 g/mol. The quantitative estimate of drug-likeness (QED) is 0.568. The van der Waals surface area contributed by atoms with Crippen LogP contribution in [0.4, 0.5) is 0 Å². The molecule has 1 heterocycles. The van der Waals surface area contributed by atoms with Crippen LogP contribution in [0.2, 0.25) is 0 Å². The van der Waals surface area contributed by atoms with Gasteiger partial charge in [0, 0.05) is 26.2 Å². The van der Waals surface area contributed by atoms with Gasteiger partial charge < -0.3 is 20.7 Å². The molecule has 1 aliphatic heterocycles. The Morgan fingerprint density at radius 1 is 1.22 bits per heavy atom. The summed E-state index contributed by atoms with van der Waals surface area (Å²) in [5.74, 6) is 2.97. The first-order valence-electron chi connectivity index (χ1n) is 10.2. The van der Waals surface area contributed by atoms with Gasteiger partial charge in [-0.2, -0.15) is 0 Å². The van der Waals surface area contributed by atoms with E-state index in [1.54, 1.807) is 0 Å². The second-order valence-electron chi connectivity index (χ2n) is 7.59. The van der Waals surface area contributed by atoms with Crippen molar-refractivity contribution >= 4 is 11.9 Å². The van der Waals surface area contributed by atoms with Crippen LogP contribution in [-0.4, -0.2) is 49.6 Å². The van der Waals surface area contributed by atoms with Gasteiger partial charge in [-0.3, -0.25) is 9.79 Å². The van der Waals surface area contributed by atoms with Crippen LogP contribution in [0.15, 0.2) is 29.3 Å². The van der Waals surface area contributed by atoms with Gasteiger partial charge in [0.05, 0.1) is 0 Å². The number of hydrogen-bond acceptors (Lipinski definition) is 3. The van der Waals surface area contributed by atoms with Gasteiger partial charge in [-0.15, -0.1) is 0 Å². The summed E-state index contributed by atoms with van der Waals surface area (Å²) in [4.78, 5) is 18.1. The lowest BCUT2D eigenvalue weighted by Gasteiger charge is -2.22. The molecular formula is C21H32N4O2. The summed E-state index contributed by atoms with van der Waals surface area (Å²) in [5.41, 5.74) is 6.30. The number of guanidine groups is 1. The van der Waals surface area contributed by atoms with Crippen molar-refractivity contribution in [3.8, 4) is 5.75 Å². The predicted octanol–water partition coefficient (Wildman–Crippen LogP) is 2.18. The van der Waals surface area contributed by atoms with Crippen LogP contribution in [0.25, 0.3) is 0 Å². The van der Waals surface area contributed by atoms with Crippen LogP contribution in [-0.2, 0) is 11.2 Å². The first-order valence-corrected chi connectivity index (χ1v) is 10.2. The zero-order valence-electron chi connectivity index (χ0n) is 16.3. The number of fused-ring (bicyclic) bond motifs is 1. The Labute approximate surface area is 162 Å². The van der Waals surface area contributed by atoms with Gasteiger partial charge in [-0.05, 0) is 55.7 Å². The largest absolute Gasteiger partial charge is 0.484 e. The van der Waals surface area contributed by atoms with E-state index in [1.165, 1.54) is 31.2 Å². The number of likely N-dealkylation sites (tertiary alicyclic amines) is 1. The van der Waals surface area contributed by atoms with Crippen molar-refractivity contribution in [2.24, 2.45) is 22.6 Å². The first-order chi connectivity index (χ1) is 13.2.